The maximum atomic E-state index is 12.1. The van der Waals surface area contributed by atoms with Crippen molar-refractivity contribution in [2.75, 3.05) is 13.2 Å². The minimum atomic E-state index is -0.726. The normalized spacial score (nSPS) is 16.9. The van der Waals surface area contributed by atoms with E-state index >= 15 is 0 Å². The van der Waals surface area contributed by atoms with Crippen molar-refractivity contribution in [2.24, 2.45) is 0 Å². The number of halogens is 1. The summed E-state index contributed by atoms with van der Waals surface area (Å²) < 4.78 is 22.1. The zero-order valence-electron chi connectivity index (χ0n) is 16.4. The lowest BCUT2D eigenvalue weighted by molar-refractivity contribution is -0.154. The number of hydrogen-bond acceptors (Lipinski definition) is 7. The fourth-order valence-electron chi connectivity index (χ4n) is 3.04. The number of nitrogens with zero attached hydrogens (tertiary/aromatic N) is 2. The number of carbonyl (C=O) groups is 1. The largest absolute Gasteiger partial charge is 0.479 e. The monoisotopic (exact) mass is 428 g/mol. The molecule has 1 aliphatic rings. The van der Waals surface area contributed by atoms with Crippen LogP contribution in [0.1, 0.15) is 19.8 Å². The van der Waals surface area contributed by atoms with E-state index in [9.17, 15) is 4.79 Å². The number of hydrogen-bond donors (Lipinski definition) is 0. The van der Waals surface area contributed by atoms with Crippen LogP contribution in [0.2, 0.25) is 5.02 Å². The third-order valence-electron chi connectivity index (χ3n) is 4.61. The molecule has 1 aromatic heterocycles. The Kier molecular flexibility index (Phi) is 6.30. The Morgan fingerprint density at radius 2 is 2.00 bits per heavy atom. The smallest absolute Gasteiger partial charge is 0.347 e. The Morgan fingerprint density at radius 3 is 2.77 bits per heavy atom. The van der Waals surface area contributed by atoms with Gasteiger partial charge in [0.25, 0.3) is 0 Å². The van der Waals surface area contributed by atoms with Gasteiger partial charge in [-0.1, -0.05) is 11.6 Å². The highest BCUT2D eigenvalue weighted by molar-refractivity contribution is 6.31. The van der Waals surface area contributed by atoms with Crippen LogP contribution in [0.4, 0.5) is 0 Å². The molecule has 1 unspecified atom stereocenters. The van der Waals surface area contributed by atoms with Crippen LogP contribution in [-0.2, 0) is 14.3 Å². The van der Waals surface area contributed by atoms with E-state index in [4.69, 9.17) is 30.5 Å². The third-order valence-corrected chi connectivity index (χ3v) is 4.84. The van der Waals surface area contributed by atoms with Gasteiger partial charge in [-0.15, -0.1) is 0 Å². The molecule has 0 amide bonds. The van der Waals surface area contributed by atoms with Crippen molar-refractivity contribution in [2.45, 2.75) is 32.0 Å². The minimum Gasteiger partial charge on any atom is -0.479 e. The Bertz CT molecular complexity index is 1020. The zero-order chi connectivity index (χ0) is 20.9. The topological polar surface area (TPSA) is 79.8 Å². The molecule has 2 aromatic carbocycles. The van der Waals surface area contributed by atoms with Crippen molar-refractivity contribution in [3.8, 4) is 17.4 Å². The Balaban J connectivity index is 1.32. The number of aromatic nitrogens is 2. The lowest BCUT2D eigenvalue weighted by Gasteiger charge is -2.16. The Hall–Kier alpha value is -2.90. The van der Waals surface area contributed by atoms with Crippen LogP contribution in [0, 0.1) is 0 Å². The highest BCUT2D eigenvalue weighted by Crippen LogP contribution is 2.25. The van der Waals surface area contributed by atoms with E-state index in [2.05, 4.69) is 9.97 Å². The average molecular weight is 429 g/mol. The minimum absolute atomic E-state index is 0.00669. The molecule has 1 fully saturated rings. The molecule has 4 rings (SSSR count). The summed E-state index contributed by atoms with van der Waals surface area (Å²) in [5, 5.41) is 0.603. The number of benzene rings is 2. The predicted molar refractivity (Wildman–Crippen MR) is 111 cm³/mol. The zero-order valence-corrected chi connectivity index (χ0v) is 17.2. The van der Waals surface area contributed by atoms with E-state index in [1.54, 1.807) is 49.4 Å². The van der Waals surface area contributed by atoms with Gasteiger partial charge in [-0.2, -0.15) is 0 Å². The van der Waals surface area contributed by atoms with E-state index in [0.717, 1.165) is 19.4 Å². The summed E-state index contributed by atoms with van der Waals surface area (Å²) in [5.74, 6) is 1.05. The summed E-state index contributed by atoms with van der Waals surface area (Å²) in [7, 11) is 0. The summed E-state index contributed by atoms with van der Waals surface area (Å²) in [6.07, 6.45) is 2.72. The van der Waals surface area contributed by atoms with E-state index in [1.165, 1.54) is 6.20 Å². The molecule has 0 saturated carbocycles. The second-order valence-corrected chi connectivity index (χ2v) is 7.38. The molecular weight excluding hydrogens is 408 g/mol. The summed E-state index contributed by atoms with van der Waals surface area (Å²) in [6.45, 7) is 2.64. The highest BCUT2D eigenvalue weighted by atomic mass is 35.5. The molecule has 2 heterocycles. The van der Waals surface area contributed by atoms with Crippen molar-refractivity contribution in [3.63, 3.8) is 0 Å². The fraction of sp³-hybridized carbons (Fsp3) is 0.318. The van der Waals surface area contributed by atoms with Gasteiger partial charge in [0.15, 0.2) is 6.10 Å². The molecular formula is C22H21ClN2O5. The molecule has 0 aliphatic carbocycles. The maximum absolute atomic E-state index is 12.1. The van der Waals surface area contributed by atoms with Crippen LogP contribution < -0.4 is 9.47 Å². The van der Waals surface area contributed by atoms with Gasteiger partial charge < -0.3 is 18.9 Å². The summed E-state index contributed by atoms with van der Waals surface area (Å²) >= 11 is 5.96. The van der Waals surface area contributed by atoms with Gasteiger partial charge >= 0.3 is 5.97 Å². The first-order valence-corrected chi connectivity index (χ1v) is 10.1. The molecule has 30 heavy (non-hydrogen) atoms. The summed E-state index contributed by atoms with van der Waals surface area (Å²) in [5.41, 5.74) is 1.38. The molecule has 0 N–H and O–H groups in total. The third kappa shape index (κ3) is 5.17. The number of ether oxygens (including phenoxy) is 4. The standard InChI is InChI=1S/C22H21ClN2O5/c1-14(22(26)28-13-18-3-2-10-27-18)29-16-5-7-17(8-6-16)30-21-12-24-20-11-15(23)4-9-19(20)25-21/h4-9,11-12,14,18H,2-3,10,13H2,1H3/t14?,18-/m1/s1. The Morgan fingerprint density at radius 1 is 1.20 bits per heavy atom. The van der Waals surface area contributed by atoms with Gasteiger partial charge in [-0.25, -0.2) is 14.8 Å². The van der Waals surface area contributed by atoms with Crippen molar-refractivity contribution in [1.82, 2.24) is 9.97 Å². The lowest BCUT2D eigenvalue weighted by atomic mass is 10.2. The van der Waals surface area contributed by atoms with Crippen LogP contribution in [0.3, 0.4) is 0 Å². The quantitative estimate of drug-likeness (QED) is 0.510. The fourth-order valence-corrected chi connectivity index (χ4v) is 3.21. The molecule has 8 heteroatoms. The van der Waals surface area contributed by atoms with Crippen molar-refractivity contribution in [1.29, 1.82) is 0 Å². The molecule has 7 nitrogen and oxygen atoms in total. The predicted octanol–water partition coefficient (Wildman–Crippen LogP) is 4.57. The molecule has 0 bridgehead atoms. The highest BCUT2D eigenvalue weighted by Gasteiger charge is 2.21. The van der Waals surface area contributed by atoms with Crippen LogP contribution in [0.5, 0.6) is 17.4 Å². The van der Waals surface area contributed by atoms with Crippen molar-refractivity contribution in [3.05, 3.63) is 53.7 Å². The lowest BCUT2D eigenvalue weighted by Crippen LogP contribution is -2.29. The van der Waals surface area contributed by atoms with Crippen molar-refractivity contribution >= 4 is 28.6 Å². The van der Waals surface area contributed by atoms with E-state index in [1.807, 2.05) is 0 Å². The second kappa shape index (κ2) is 9.28. The van der Waals surface area contributed by atoms with Crippen LogP contribution in [0.15, 0.2) is 48.7 Å². The van der Waals surface area contributed by atoms with Gasteiger partial charge in [0, 0.05) is 11.6 Å². The SMILES string of the molecule is CC(Oc1ccc(Oc2cnc3cc(Cl)ccc3n2)cc1)C(=O)OC[C@H]1CCCO1. The van der Waals surface area contributed by atoms with Gasteiger partial charge in [0.1, 0.15) is 18.1 Å². The molecule has 0 radical (unpaired) electrons. The van der Waals surface area contributed by atoms with Gasteiger partial charge in [-0.3, -0.25) is 0 Å². The first-order valence-electron chi connectivity index (χ1n) is 9.72. The van der Waals surface area contributed by atoms with Crippen LogP contribution in [-0.4, -0.2) is 41.4 Å². The number of carbonyl (C=O) groups excluding carboxylic acids is 1. The number of esters is 1. The van der Waals surface area contributed by atoms with Gasteiger partial charge in [0.05, 0.1) is 23.3 Å². The van der Waals surface area contributed by atoms with Crippen LogP contribution in [0.25, 0.3) is 11.0 Å². The molecule has 1 aliphatic heterocycles. The maximum Gasteiger partial charge on any atom is 0.347 e. The number of rotatable bonds is 7. The number of fused-ring (bicyclic) bond motifs is 1. The molecule has 156 valence electrons. The molecule has 0 spiro atoms. The average Bonchev–Trinajstić information content (AvgIpc) is 3.27. The second-order valence-electron chi connectivity index (χ2n) is 6.94. The summed E-state index contributed by atoms with van der Waals surface area (Å²) in [4.78, 5) is 20.8. The molecule has 3 aromatic rings. The van der Waals surface area contributed by atoms with Gasteiger partial charge in [-0.05, 0) is 62.2 Å². The molecule has 1 saturated heterocycles. The van der Waals surface area contributed by atoms with Gasteiger partial charge in [0.2, 0.25) is 5.88 Å². The molecule has 2 atom stereocenters. The first-order chi connectivity index (χ1) is 14.6. The van der Waals surface area contributed by atoms with E-state index < -0.39 is 12.1 Å². The van der Waals surface area contributed by atoms with Crippen LogP contribution >= 0.6 is 11.6 Å². The summed E-state index contributed by atoms with van der Waals surface area (Å²) in [6, 6.07) is 12.2. The van der Waals surface area contributed by atoms with Crippen molar-refractivity contribution < 1.29 is 23.7 Å². The Labute approximate surface area is 178 Å². The van der Waals surface area contributed by atoms with E-state index in [-0.39, 0.29) is 12.7 Å². The first kappa shape index (κ1) is 20.4. The van der Waals surface area contributed by atoms with E-state index in [0.29, 0.717) is 33.4 Å².